The van der Waals surface area contributed by atoms with Gasteiger partial charge < -0.3 is 10.1 Å². The van der Waals surface area contributed by atoms with Gasteiger partial charge in [-0.2, -0.15) is 0 Å². The number of ether oxygens (including phenoxy) is 1. The normalized spacial score (nSPS) is 27.5. The smallest absolute Gasteiger partial charge is 0.0730 e. The Morgan fingerprint density at radius 2 is 2.25 bits per heavy atom. The van der Waals surface area contributed by atoms with Gasteiger partial charge >= 0.3 is 0 Å². The van der Waals surface area contributed by atoms with Gasteiger partial charge in [-0.25, -0.2) is 0 Å². The van der Waals surface area contributed by atoms with Crippen LogP contribution in [0.25, 0.3) is 0 Å². The molecule has 1 rings (SSSR count). The van der Waals surface area contributed by atoms with E-state index in [2.05, 4.69) is 26.1 Å². The molecule has 0 amide bonds. The molecule has 2 atom stereocenters. The van der Waals surface area contributed by atoms with Crippen molar-refractivity contribution in [3.05, 3.63) is 0 Å². The van der Waals surface area contributed by atoms with E-state index in [9.17, 15) is 0 Å². The maximum Gasteiger partial charge on any atom is 0.0730 e. The molecular formula is C10H21NO. The highest BCUT2D eigenvalue weighted by Gasteiger charge is 2.24. The fourth-order valence-corrected chi connectivity index (χ4v) is 2.02. The Morgan fingerprint density at radius 1 is 1.50 bits per heavy atom. The fraction of sp³-hybridized carbons (Fsp3) is 1.00. The predicted octanol–water partition coefficient (Wildman–Crippen LogP) is 1.66. The summed E-state index contributed by atoms with van der Waals surface area (Å²) < 4.78 is 5.73. The molecule has 1 aliphatic rings. The lowest BCUT2D eigenvalue weighted by Crippen LogP contribution is -2.43. The van der Waals surface area contributed by atoms with Gasteiger partial charge in [0.1, 0.15) is 0 Å². The van der Waals surface area contributed by atoms with Crippen LogP contribution in [0.4, 0.5) is 0 Å². The minimum atomic E-state index is 0.448. The lowest BCUT2D eigenvalue weighted by molar-refractivity contribution is -0.0232. The van der Waals surface area contributed by atoms with Crippen LogP contribution in [0.2, 0.25) is 0 Å². The number of morpholine rings is 1. The molecule has 2 unspecified atom stereocenters. The molecule has 2 nitrogen and oxygen atoms in total. The summed E-state index contributed by atoms with van der Waals surface area (Å²) >= 11 is 0. The summed E-state index contributed by atoms with van der Waals surface area (Å²) in [6, 6.07) is 0. The molecule has 1 saturated heterocycles. The quantitative estimate of drug-likeness (QED) is 0.697. The summed E-state index contributed by atoms with van der Waals surface area (Å²) in [5.74, 6) is 1.46. The highest BCUT2D eigenvalue weighted by molar-refractivity contribution is 4.76. The second-order valence-corrected chi connectivity index (χ2v) is 3.93. The van der Waals surface area contributed by atoms with Crippen molar-refractivity contribution in [2.75, 3.05) is 19.7 Å². The molecule has 1 fully saturated rings. The Labute approximate surface area is 75.7 Å². The highest BCUT2D eigenvalue weighted by Crippen LogP contribution is 2.22. The van der Waals surface area contributed by atoms with Crippen LogP contribution in [0.1, 0.15) is 27.2 Å². The van der Waals surface area contributed by atoms with E-state index in [0.29, 0.717) is 6.10 Å². The maximum atomic E-state index is 5.73. The third kappa shape index (κ3) is 2.46. The summed E-state index contributed by atoms with van der Waals surface area (Å²) in [5, 5.41) is 3.38. The van der Waals surface area contributed by atoms with Crippen LogP contribution in [0.5, 0.6) is 0 Å². The first-order valence-electron chi connectivity index (χ1n) is 5.08. The number of nitrogens with one attached hydrogen (secondary N) is 1. The highest BCUT2D eigenvalue weighted by atomic mass is 16.5. The molecule has 1 N–H and O–H groups in total. The molecule has 0 aliphatic carbocycles. The predicted molar refractivity (Wildman–Crippen MR) is 51.2 cm³/mol. The van der Waals surface area contributed by atoms with Crippen LogP contribution in [0.3, 0.4) is 0 Å². The largest absolute Gasteiger partial charge is 0.375 e. The second-order valence-electron chi connectivity index (χ2n) is 3.93. The standard InChI is InChI=1S/C10H21NO/c1-4-9(8(2)3)10-7-11-5-6-12-10/h8-11H,4-7H2,1-3H3. The van der Waals surface area contributed by atoms with Gasteiger partial charge in [0.25, 0.3) is 0 Å². The van der Waals surface area contributed by atoms with Crippen LogP contribution in [-0.4, -0.2) is 25.8 Å². The van der Waals surface area contributed by atoms with E-state index in [0.717, 1.165) is 31.5 Å². The molecule has 1 heterocycles. The first kappa shape index (κ1) is 10.0. The summed E-state index contributed by atoms with van der Waals surface area (Å²) in [7, 11) is 0. The molecule has 2 heteroatoms. The Balaban J connectivity index is 2.40. The van der Waals surface area contributed by atoms with Gasteiger partial charge in [-0.3, -0.25) is 0 Å². The second kappa shape index (κ2) is 4.83. The summed E-state index contributed by atoms with van der Waals surface area (Å²) in [6.45, 7) is 9.76. The molecule has 0 bridgehead atoms. The van der Waals surface area contributed by atoms with E-state index in [4.69, 9.17) is 4.74 Å². The van der Waals surface area contributed by atoms with E-state index in [1.54, 1.807) is 0 Å². The lowest BCUT2D eigenvalue weighted by Gasteiger charge is -2.32. The minimum Gasteiger partial charge on any atom is -0.375 e. The lowest BCUT2D eigenvalue weighted by atomic mass is 9.87. The fourth-order valence-electron chi connectivity index (χ4n) is 2.02. The number of hydrogen-bond acceptors (Lipinski definition) is 2. The van der Waals surface area contributed by atoms with Crippen molar-refractivity contribution < 1.29 is 4.74 Å². The average Bonchev–Trinajstić information content (AvgIpc) is 2.07. The Kier molecular flexibility index (Phi) is 4.02. The zero-order chi connectivity index (χ0) is 8.97. The van der Waals surface area contributed by atoms with Crippen LogP contribution in [-0.2, 0) is 4.74 Å². The molecule has 1 aliphatic heterocycles. The van der Waals surface area contributed by atoms with Crippen molar-refractivity contribution in [3.8, 4) is 0 Å². The maximum absolute atomic E-state index is 5.73. The number of rotatable bonds is 3. The molecule has 72 valence electrons. The molecule has 0 radical (unpaired) electrons. The van der Waals surface area contributed by atoms with Crippen LogP contribution >= 0.6 is 0 Å². The van der Waals surface area contributed by atoms with Gasteiger partial charge in [-0.05, 0) is 11.8 Å². The Morgan fingerprint density at radius 3 is 2.67 bits per heavy atom. The first-order valence-corrected chi connectivity index (χ1v) is 5.08. The zero-order valence-electron chi connectivity index (χ0n) is 8.47. The molecular weight excluding hydrogens is 150 g/mol. The third-order valence-electron chi connectivity index (χ3n) is 2.76. The van der Waals surface area contributed by atoms with Crippen molar-refractivity contribution in [1.82, 2.24) is 5.32 Å². The molecule has 0 aromatic rings. The minimum absolute atomic E-state index is 0.448. The Bertz CT molecular complexity index is 119. The van der Waals surface area contributed by atoms with Crippen molar-refractivity contribution in [3.63, 3.8) is 0 Å². The topological polar surface area (TPSA) is 21.3 Å². The van der Waals surface area contributed by atoms with Crippen molar-refractivity contribution >= 4 is 0 Å². The zero-order valence-corrected chi connectivity index (χ0v) is 8.47. The summed E-state index contributed by atoms with van der Waals surface area (Å²) in [6.07, 6.45) is 1.67. The van der Waals surface area contributed by atoms with E-state index >= 15 is 0 Å². The van der Waals surface area contributed by atoms with Crippen molar-refractivity contribution in [2.24, 2.45) is 11.8 Å². The van der Waals surface area contributed by atoms with Gasteiger partial charge in [0, 0.05) is 13.1 Å². The molecule has 0 saturated carbocycles. The molecule has 12 heavy (non-hydrogen) atoms. The summed E-state index contributed by atoms with van der Waals surface area (Å²) in [4.78, 5) is 0. The van der Waals surface area contributed by atoms with Gasteiger partial charge in [-0.15, -0.1) is 0 Å². The van der Waals surface area contributed by atoms with Crippen LogP contribution in [0, 0.1) is 11.8 Å². The number of hydrogen-bond donors (Lipinski definition) is 1. The van der Waals surface area contributed by atoms with E-state index in [-0.39, 0.29) is 0 Å². The summed E-state index contributed by atoms with van der Waals surface area (Å²) in [5.41, 5.74) is 0. The van der Waals surface area contributed by atoms with E-state index < -0.39 is 0 Å². The van der Waals surface area contributed by atoms with Crippen LogP contribution in [0.15, 0.2) is 0 Å². The first-order chi connectivity index (χ1) is 5.75. The van der Waals surface area contributed by atoms with Crippen molar-refractivity contribution in [2.45, 2.75) is 33.3 Å². The van der Waals surface area contributed by atoms with Gasteiger partial charge in [-0.1, -0.05) is 27.2 Å². The van der Waals surface area contributed by atoms with Crippen molar-refractivity contribution in [1.29, 1.82) is 0 Å². The molecule has 0 spiro atoms. The van der Waals surface area contributed by atoms with E-state index in [1.165, 1.54) is 6.42 Å². The van der Waals surface area contributed by atoms with Crippen LogP contribution < -0.4 is 5.32 Å². The Hall–Kier alpha value is -0.0800. The van der Waals surface area contributed by atoms with Gasteiger partial charge in [0.15, 0.2) is 0 Å². The average molecular weight is 171 g/mol. The third-order valence-corrected chi connectivity index (χ3v) is 2.76. The molecule has 0 aromatic heterocycles. The SMILES string of the molecule is CCC(C(C)C)C1CNCCO1. The monoisotopic (exact) mass is 171 g/mol. The van der Waals surface area contributed by atoms with Gasteiger partial charge in [0.2, 0.25) is 0 Å². The van der Waals surface area contributed by atoms with E-state index in [1.807, 2.05) is 0 Å². The van der Waals surface area contributed by atoms with Gasteiger partial charge in [0.05, 0.1) is 12.7 Å². The molecule has 0 aromatic carbocycles.